The molecule has 130 valence electrons. The van der Waals surface area contributed by atoms with Gasteiger partial charge in [0.1, 0.15) is 0 Å². The first-order valence-electron chi connectivity index (χ1n) is 9.17. The highest BCUT2D eigenvalue weighted by molar-refractivity contribution is 5.80. The SMILES string of the molecule is CCN1CCN(C(=O)CC2CCN(C(=O)C3CNC3)CC2)CC1. The van der Waals surface area contributed by atoms with E-state index in [1.807, 2.05) is 9.80 Å². The first-order valence-corrected chi connectivity index (χ1v) is 9.17. The molecule has 3 fully saturated rings. The van der Waals surface area contributed by atoms with Crippen LogP contribution in [0, 0.1) is 11.8 Å². The van der Waals surface area contributed by atoms with Crippen LogP contribution in [0.25, 0.3) is 0 Å². The maximum atomic E-state index is 12.5. The van der Waals surface area contributed by atoms with Crippen molar-refractivity contribution in [1.82, 2.24) is 20.0 Å². The highest BCUT2D eigenvalue weighted by Crippen LogP contribution is 2.23. The maximum Gasteiger partial charge on any atom is 0.228 e. The van der Waals surface area contributed by atoms with Crippen molar-refractivity contribution < 1.29 is 9.59 Å². The number of rotatable bonds is 4. The van der Waals surface area contributed by atoms with Gasteiger partial charge < -0.3 is 20.0 Å². The minimum atomic E-state index is 0.197. The fourth-order valence-electron chi connectivity index (χ4n) is 3.77. The summed E-state index contributed by atoms with van der Waals surface area (Å²) in [6, 6.07) is 0. The highest BCUT2D eigenvalue weighted by Gasteiger charge is 2.32. The van der Waals surface area contributed by atoms with Crippen molar-refractivity contribution in [2.75, 3.05) is 58.9 Å². The molecule has 3 saturated heterocycles. The summed E-state index contributed by atoms with van der Waals surface area (Å²) in [7, 11) is 0. The minimum absolute atomic E-state index is 0.197. The van der Waals surface area contributed by atoms with Crippen molar-refractivity contribution in [3.8, 4) is 0 Å². The Morgan fingerprint density at radius 1 is 0.957 bits per heavy atom. The van der Waals surface area contributed by atoms with Crippen LogP contribution >= 0.6 is 0 Å². The van der Waals surface area contributed by atoms with Crippen LogP contribution in [0.2, 0.25) is 0 Å². The van der Waals surface area contributed by atoms with E-state index in [0.29, 0.717) is 24.2 Å². The second kappa shape index (κ2) is 7.62. The third-order valence-corrected chi connectivity index (χ3v) is 5.69. The number of amides is 2. The van der Waals surface area contributed by atoms with Crippen LogP contribution in [0.4, 0.5) is 0 Å². The van der Waals surface area contributed by atoms with E-state index >= 15 is 0 Å². The standard InChI is InChI=1S/C17H30N4O2/c1-2-19-7-9-20(10-8-19)16(22)11-14-3-5-21(6-4-14)17(23)15-12-18-13-15/h14-15,18H,2-13H2,1H3. The zero-order chi connectivity index (χ0) is 16.2. The zero-order valence-corrected chi connectivity index (χ0v) is 14.3. The van der Waals surface area contributed by atoms with Crippen molar-refractivity contribution >= 4 is 11.8 Å². The van der Waals surface area contributed by atoms with Gasteiger partial charge in [0, 0.05) is 58.8 Å². The smallest absolute Gasteiger partial charge is 0.228 e. The van der Waals surface area contributed by atoms with Crippen LogP contribution in [0.1, 0.15) is 26.2 Å². The number of hydrogen-bond donors (Lipinski definition) is 1. The van der Waals surface area contributed by atoms with Gasteiger partial charge in [-0.05, 0) is 25.3 Å². The van der Waals surface area contributed by atoms with E-state index in [9.17, 15) is 9.59 Å². The van der Waals surface area contributed by atoms with Gasteiger partial charge in [-0.25, -0.2) is 0 Å². The molecule has 0 aromatic rings. The van der Waals surface area contributed by atoms with Gasteiger partial charge in [0.05, 0.1) is 5.92 Å². The molecular formula is C17H30N4O2. The summed E-state index contributed by atoms with van der Waals surface area (Å²) in [5.41, 5.74) is 0. The summed E-state index contributed by atoms with van der Waals surface area (Å²) < 4.78 is 0. The van der Waals surface area contributed by atoms with Gasteiger partial charge in [0.15, 0.2) is 0 Å². The first kappa shape index (κ1) is 16.7. The molecule has 0 unspecified atom stereocenters. The van der Waals surface area contributed by atoms with Crippen LogP contribution in [-0.4, -0.2) is 85.4 Å². The third-order valence-electron chi connectivity index (χ3n) is 5.69. The summed E-state index contributed by atoms with van der Waals surface area (Å²) in [6.45, 7) is 10.3. The number of likely N-dealkylation sites (N-methyl/N-ethyl adjacent to an activating group) is 1. The molecule has 0 aromatic carbocycles. The molecule has 0 spiro atoms. The molecule has 3 heterocycles. The van der Waals surface area contributed by atoms with Crippen LogP contribution in [0.5, 0.6) is 0 Å². The van der Waals surface area contributed by atoms with Crippen LogP contribution < -0.4 is 5.32 Å². The molecule has 0 radical (unpaired) electrons. The summed E-state index contributed by atoms with van der Waals surface area (Å²) in [6.07, 6.45) is 2.62. The topological polar surface area (TPSA) is 55.9 Å². The molecule has 3 aliphatic heterocycles. The van der Waals surface area contributed by atoms with Gasteiger partial charge in [-0.1, -0.05) is 6.92 Å². The van der Waals surface area contributed by atoms with E-state index in [-0.39, 0.29) is 5.92 Å². The Labute approximate surface area is 139 Å². The van der Waals surface area contributed by atoms with Gasteiger partial charge in [-0.15, -0.1) is 0 Å². The van der Waals surface area contributed by atoms with E-state index in [2.05, 4.69) is 17.1 Å². The van der Waals surface area contributed by atoms with Crippen molar-refractivity contribution in [3.05, 3.63) is 0 Å². The van der Waals surface area contributed by atoms with Crippen molar-refractivity contribution in [2.45, 2.75) is 26.2 Å². The minimum Gasteiger partial charge on any atom is -0.342 e. The van der Waals surface area contributed by atoms with Crippen LogP contribution in [-0.2, 0) is 9.59 Å². The molecule has 0 aliphatic carbocycles. The number of likely N-dealkylation sites (tertiary alicyclic amines) is 1. The molecule has 23 heavy (non-hydrogen) atoms. The molecule has 0 atom stereocenters. The monoisotopic (exact) mass is 322 g/mol. The third kappa shape index (κ3) is 4.04. The van der Waals surface area contributed by atoms with E-state index in [0.717, 1.165) is 71.7 Å². The van der Waals surface area contributed by atoms with Crippen LogP contribution in [0.3, 0.4) is 0 Å². The molecule has 2 amide bonds. The lowest BCUT2D eigenvalue weighted by molar-refractivity contribution is -0.139. The maximum absolute atomic E-state index is 12.5. The van der Waals surface area contributed by atoms with Gasteiger partial charge in [-0.3, -0.25) is 9.59 Å². The van der Waals surface area contributed by atoms with Crippen molar-refractivity contribution in [2.24, 2.45) is 11.8 Å². The number of hydrogen-bond acceptors (Lipinski definition) is 4. The largest absolute Gasteiger partial charge is 0.342 e. The molecule has 1 N–H and O–H groups in total. The number of piperidine rings is 1. The highest BCUT2D eigenvalue weighted by atomic mass is 16.2. The molecule has 0 bridgehead atoms. The second-order valence-corrected chi connectivity index (χ2v) is 7.14. The fraction of sp³-hybridized carbons (Fsp3) is 0.882. The molecule has 6 heteroatoms. The molecule has 3 aliphatic rings. The summed E-state index contributed by atoms with van der Waals surface area (Å²) >= 11 is 0. The predicted octanol–water partition coefficient (Wildman–Crippen LogP) is -0.00140. The Morgan fingerprint density at radius 2 is 1.61 bits per heavy atom. The molecule has 6 nitrogen and oxygen atoms in total. The van der Waals surface area contributed by atoms with Gasteiger partial charge in [0.2, 0.25) is 11.8 Å². The van der Waals surface area contributed by atoms with E-state index in [1.54, 1.807) is 0 Å². The second-order valence-electron chi connectivity index (χ2n) is 7.14. The van der Waals surface area contributed by atoms with Gasteiger partial charge in [-0.2, -0.15) is 0 Å². The Balaban J connectivity index is 1.38. The van der Waals surface area contributed by atoms with Gasteiger partial charge >= 0.3 is 0 Å². The summed E-state index contributed by atoms with van der Waals surface area (Å²) in [5.74, 6) is 1.27. The first-order chi connectivity index (χ1) is 11.2. The van der Waals surface area contributed by atoms with E-state index in [4.69, 9.17) is 0 Å². The predicted molar refractivity (Wildman–Crippen MR) is 89.0 cm³/mol. The van der Waals surface area contributed by atoms with E-state index in [1.165, 1.54) is 0 Å². The number of piperazine rings is 1. The number of carbonyl (C=O) groups excluding carboxylic acids is 2. The number of nitrogens with one attached hydrogen (secondary N) is 1. The fourth-order valence-corrected chi connectivity index (χ4v) is 3.77. The Kier molecular flexibility index (Phi) is 5.54. The summed E-state index contributed by atoms with van der Waals surface area (Å²) in [5, 5.41) is 3.16. The summed E-state index contributed by atoms with van der Waals surface area (Å²) in [4.78, 5) is 31.1. The van der Waals surface area contributed by atoms with Crippen LogP contribution in [0.15, 0.2) is 0 Å². The average Bonchev–Trinajstić information content (AvgIpc) is 2.54. The molecule has 3 rings (SSSR count). The normalized spacial score (nSPS) is 24.6. The number of carbonyl (C=O) groups is 2. The number of nitrogens with zero attached hydrogens (tertiary/aromatic N) is 3. The Hall–Kier alpha value is -1.14. The zero-order valence-electron chi connectivity index (χ0n) is 14.3. The van der Waals surface area contributed by atoms with E-state index < -0.39 is 0 Å². The average molecular weight is 322 g/mol. The quantitative estimate of drug-likeness (QED) is 0.791. The lowest BCUT2D eigenvalue weighted by atomic mass is 9.91. The molecular weight excluding hydrogens is 292 g/mol. The Bertz CT molecular complexity index is 422. The van der Waals surface area contributed by atoms with Crippen molar-refractivity contribution in [3.63, 3.8) is 0 Å². The van der Waals surface area contributed by atoms with Gasteiger partial charge in [0.25, 0.3) is 0 Å². The molecule has 0 aromatic heterocycles. The lowest BCUT2D eigenvalue weighted by Gasteiger charge is -2.38. The lowest BCUT2D eigenvalue weighted by Crippen LogP contribution is -2.53. The van der Waals surface area contributed by atoms with Crippen molar-refractivity contribution in [1.29, 1.82) is 0 Å². The Morgan fingerprint density at radius 3 is 2.13 bits per heavy atom. The molecule has 0 saturated carbocycles.